The van der Waals surface area contributed by atoms with Crippen molar-refractivity contribution in [3.8, 4) is 45.6 Å². The molecule has 0 fully saturated rings. The van der Waals surface area contributed by atoms with E-state index in [1.807, 2.05) is 0 Å². The average molecular weight is 654 g/mol. The lowest BCUT2D eigenvalue weighted by atomic mass is 9.77. The number of aromatic hydroxyl groups is 1. The Balaban J connectivity index is 2.60. The number of ether oxygens (including phenoxy) is 5. The standard InChI is InChI=1S/C23H28I2O6/c1-10-8-12-14(18(26)22(30-6)20(28-4)16(12)24)15-13(9-11(10)2)17(25)21(29-5)23(31-7)19(15)27-3/h10-11,26H,8-9H2,1-7H3/t10-,11+/m0/s1. The molecule has 1 aliphatic carbocycles. The van der Waals surface area contributed by atoms with Crippen molar-refractivity contribution in [1.29, 1.82) is 0 Å². The molecular weight excluding hydrogens is 626 g/mol. The lowest BCUT2D eigenvalue weighted by molar-refractivity contribution is 0.318. The third-order valence-electron chi connectivity index (χ3n) is 6.12. The van der Waals surface area contributed by atoms with Gasteiger partial charge in [0.15, 0.2) is 23.0 Å². The molecule has 0 bridgehead atoms. The molecule has 0 saturated heterocycles. The molecule has 0 saturated carbocycles. The maximum absolute atomic E-state index is 11.4. The predicted molar refractivity (Wildman–Crippen MR) is 137 cm³/mol. The Hall–Kier alpha value is -1.30. The van der Waals surface area contributed by atoms with E-state index >= 15 is 0 Å². The normalized spacial score (nSPS) is 17.7. The highest BCUT2D eigenvalue weighted by molar-refractivity contribution is 14.1. The first-order valence-electron chi connectivity index (χ1n) is 9.93. The quantitative estimate of drug-likeness (QED) is 0.419. The van der Waals surface area contributed by atoms with Crippen LogP contribution < -0.4 is 23.7 Å². The molecule has 31 heavy (non-hydrogen) atoms. The number of fused-ring (bicyclic) bond motifs is 3. The van der Waals surface area contributed by atoms with Gasteiger partial charge in [-0.3, -0.25) is 0 Å². The zero-order valence-corrected chi connectivity index (χ0v) is 23.1. The fourth-order valence-electron chi connectivity index (χ4n) is 4.31. The molecule has 0 spiro atoms. The van der Waals surface area contributed by atoms with E-state index in [9.17, 15) is 5.11 Å². The van der Waals surface area contributed by atoms with E-state index in [4.69, 9.17) is 23.7 Å². The average Bonchev–Trinajstić information content (AvgIpc) is 2.75. The summed E-state index contributed by atoms with van der Waals surface area (Å²) in [4.78, 5) is 0. The fourth-order valence-corrected chi connectivity index (χ4v) is 6.22. The molecule has 170 valence electrons. The van der Waals surface area contributed by atoms with Crippen molar-refractivity contribution < 1.29 is 28.8 Å². The first-order valence-corrected chi connectivity index (χ1v) is 12.1. The Kier molecular flexibility index (Phi) is 7.60. The molecule has 0 unspecified atom stereocenters. The summed E-state index contributed by atoms with van der Waals surface area (Å²) < 4.78 is 30.4. The van der Waals surface area contributed by atoms with Gasteiger partial charge in [-0.05, 0) is 81.0 Å². The number of phenols is 1. The number of rotatable bonds is 5. The van der Waals surface area contributed by atoms with Gasteiger partial charge >= 0.3 is 0 Å². The Bertz CT molecular complexity index is 1010. The fraction of sp³-hybridized carbons (Fsp3) is 0.478. The second-order valence-corrected chi connectivity index (χ2v) is 9.87. The second-order valence-electron chi connectivity index (χ2n) is 7.71. The summed E-state index contributed by atoms with van der Waals surface area (Å²) >= 11 is 4.59. The summed E-state index contributed by atoms with van der Waals surface area (Å²) in [7, 11) is 7.95. The van der Waals surface area contributed by atoms with Crippen LogP contribution in [-0.4, -0.2) is 40.7 Å². The Morgan fingerprint density at radius 3 is 1.42 bits per heavy atom. The topological polar surface area (TPSA) is 66.4 Å². The maximum atomic E-state index is 11.4. The van der Waals surface area contributed by atoms with Gasteiger partial charge in [0.1, 0.15) is 0 Å². The molecule has 1 N–H and O–H groups in total. The van der Waals surface area contributed by atoms with E-state index in [-0.39, 0.29) is 5.75 Å². The first kappa shape index (κ1) is 24.3. The largest absolute Gasteiger partial charge is 0.504 e. The van der Waals surface area contributed by atoms with Crippen molar-refractivity contribution in [2.75, 3.05) is 35.5 Å². The maximum Gasteiger partial charge on any atom is 0.205 e. The number of benzene rings is 2. The van der Waals surface area contributed by atoms with Gasteiger partial charge in [0.2, 0.25) is 11.5 Å². The van der Waals surface area contributed by atoms with E-state index < -0.39 is 0 Å². The molecule has 6 nitrogen and oxygen atoms in total. The number of halogens is 2. The van der Waals surface area contributed by atoms with Crippen LogP contribution in [0, 0.1) is 19.0 Å². The second kappa shape index (κ2) is 9.68. The summed E-state index contributed by atoms with van der Waals surface area (Å²) in [6.07, 6.45) is 1.60. The summed E-state index contributed by atoms with van der Waals surface area (Å²) in [5.41, 5.74) is 3.59. The van der Waals surface area contributed by atoms with Gasteiger partial charge in [-0.1, -0.05) is 13.8 Å². The molecule has 0 aliphatic heterocycles. The van der Waals surface area contributed by atoms with Gasteiger partial charge in [0, 0.05) is 11.1 Å². The monoisotopic (exact) mass is 654 g/mol. The van der Waals surface area contributed by atoms with Crippen molar-refractivity contribution in [1.82, 2.24) is 0 Å². The van der Waals surface area contributed by atoms with E-state index in [1.54, 1.807) is 28.4 Å². The van der Waals surface area contributed by atoms with E-state index in [1.165, 1.54) is 7.11 Å². The van der Waals surface area contributed by atoms with E-state index in [0.717, 1.165) is 36.7 Å². The Labute approximate surface area is 210 Å². The molecule has 8 heteroatoms. The molecule has 0 heterocycles. The Morgan fingerprint density at radius 2 is 1.00 bits per heavy atom. The van der Waals surface area contributed by atoms with Crippen LogP contribution in [0.2, 0.25) is 0 Å². The molecule has 0 amide bonds. The SMILES string of the molecule is COc1c(O)c2c(c(I)c1OC)C[C@H](C)[C@H](C)Cc1c(I)c(OC)c(OC)c(OC)c1-2. The van der Waals surface area contributed by atoms with Gasteiger partial charge in [-0.25, -0.2) is 0 Å². The van der Waals surface area contributed by atoms with Crippen LogP contribution >= 0.6 is 45.2 Å². The summed E-state index contributed by atoms with van der Waals surface area (Å²) in [5.74, 6) is 3.34. The lowest BCUT2D eigenvalue weighted by Crippen LogP contribution is -2.20. The molecule has 2 aromatic carbocycles. The number of phenolic OH excluding ortho intramolecular Hbond substituents is 1. The first-order chi connectivity index (χ1) is 14.8. The number of hydrogen-bond donors (Lipinski definition) is 1. The van der Waals surface area contributed by atoms with E-state index in [2.05, 4.69) is 59.0 Å². The van der Waals surface area contributed by atoms with Crippen molar-refractivity contribution >= 4 is 45.2 Å². The van der Waals surface area contributed by atoms with Crippen LogP contribution in [-0.2, 0) is 12.8 Å². The summed E-state index contributed by atoms with van der Waals surface area (Å²) in [6.45, 7) is 4.50. The minimum absolute atomic E-state index is 0.0408. The molecule has 0 radical (unpaired) electrons. The van der Waals surface area contributed by atoms with Crippen molar-refractivity contribution in [3.05, 3.63) is 18.3 Å². The van der Waals surface area contributed by atoms with Gasteiger partial charge in [0.25, 0.3) is 0 Å². The molecule has 1 aliphatic rings. The van der Waals surface area contributed by atoms with Gasteiger partial charge < -0.3 is 28.8 Å². The van der Waals surface area contributed by atoms with Crippen LogP contribution in [0.4, 0.5) is 0 Å². The predicted octanol–water partition coefficient (Wildman–Crippen LogP) is 5.68. The van der Waals surface area contributed by atoms with Gasteiger partial charge in [-0.15, -0.1) is 0 Å². The number of methoxy groups -OCH3 is 5. The third-order valence-corrected chi connectivity index (χ3v) is 8.41. The van der Waals surface area contributed by atoms with Crippen molar-refractivity contribution in [2.24, 2.45) is 11.8 Å². The highest BCUT2D eigenvalue weighted by Crippen LogP contribution is 2.58. The van der Waals surface area contributed by atoms with Crippen molar-refractivity contribution in [2.45, 2.75) is 26.7 Å². The third kappa shape index (κ3) is 3.87. The summed E-state index contributed by atoms with van der Waals surface area (Å²) in [5, 5.41) is 11.4. The zero-order valence-electron chi connectivity index (χ0n) is 18.8. The minimum Gasteiger partial charge on any atom is -0.504 e. The van der Waals surface area contributed by atoms with Crippen LogP contribution in [0.25, 0.3) is 11.1 Å². The lowest BCUT2D eigenvalue weighted by Gasteiger charge is -2.31. The van der Waals surface area contributed by atoms with Crippen LogP contribution in [0.3, 0.4) is 0 Å². The van der Waals surface area contributed by atoms with Crippen LogP contribution in [0.15, 0.2) is 0 Å². The Morgan fingerprint density at radius 1 is 0.613 bits per heavy atom. The highest BCUT2D eigenvalue weighted by atomic mass is 127. The van der Waals surface area contributed by atoms with Crippen molar-refractivity contribution in [3.63, 3.8) is 0 Å². The molecular formula is C23H28I2O6. The summed E-state index contributed by atoms with van der Waals surface area (Å²) in [6, 6.07) is 0. The van der Waals surface area contributed by atoms with E-state index in [0.29, 0.717) is 46.1 Å². The van der Waals surface area contributed by atoms with Crippen LogP contribution in [0.1, 0.15) is 25.0 Å². The molecule has 2 aromatic rings. The minimum atomic E-state index is 0.0408. The zero-order chi connectivity index (χ0) is 23.0. The van der Waals surface area contributed by atoms with Gasteiger partial charge in [0.05, 0.1) is 42.7 Å². The molecule has 2 atom stereocenters. The highest BCUT2D eigenvalue weighted by Gasteiger charge is 2.36. The molecule has 3 rings (SSSR count). The van der Waals surface area contributed by atoms with Crippen LogP contribution in [0.5, 0.6) is 34.5 Å². The van der Waals surface area contributed by atoms with Gasteiger partial charge in [-0.2, -0.15) is 0 Å². The smallest absolute Gasteiger partial charge is 0.205 e. The molecule has 0 aromatic heterocycles. The number of hydrogen-bond acceptors (Lipinski definition) is 6.